The molecule has 1 aliphatic heterocycles. The third kappa shape index (κ3) is 4.26. The Hall–Kier alpha value is -1.62. The number of hydrogen-bond acceptors (Lipinski definition) is 2. The van der Waals surface area contributed by atoms with Gasteiger partial charge in [-0.25, -0.2) is 4.39 Å². The summed E-state index contributed by atoms with van der Waals surface area (Å²) in [7, 11) is 0. The lowest BCUT2D eigenvalue weighted by molar-refractivity contribution is -0.138. The van der Waals surface area contributed by atoms with Crippen LogP contribution < -0.4 is 0 Å². The van der Waals surface area contributed by atoms with Gasteiger partial charge in [0.2, 0.25) is 5.91 Å². The molecule has 1 heterocycles. The first-order valence-corrected chi connectivity index (χ1v) is 8.36. The van der Waals surface area contributed by atoms with E-state index in [0.29, 0.717) is 29.7 Å². The molecule has 1 atom stereocenters. The molecule has 6 heteroatoms. The fourth-order valence-electron chi connectivity index (χ4n) is 2.73. The number of rotatable bonds is 3. The van der Waals surface area contributed by atoms with Crippen molar-refractivity contribution in [1.29, 1.82) is 0 Å². The second-order valence-corrected chi connectivity index (χ2v) is 6.58. The summed E-state index contributed by atoms with van der Waals surface area (Å²) >= 11 is 12.1. The van der Waals surface area contributed by atoms with Crippen LogP contribution in [0.25, 0.3) is 0 Å². The molecule has 3 nitrogen and oxygen atoms in total. The maximum absolute atomic E-state index is 12.9. The number of hydrogen-bond donors (Lipinski definition) is 0. The minimum atomic E-state index is -0.310. The third-order valence-corrected chi connectivity index (χ3v) is 4.38. The Labute approximate surface area is 149 Å². The van der Waals surface area contributed by atoms with Crippen LogP contribution in [0.3, 0.4) is 0 Å². The zero-order chi connectivity index (χ0) is 17.1. The van der Waals surface area contributed by atoms with Crippen molar-refractivity contribution in [1.82, 2.24) is 4.90 Å². The van der Waals surface area contributed by atoms with Crippen molar-refractivity contribution in [3.05, 3.63) is 69.5 Å². The van der Waals surface area contributed by atoms with Crippen molar-refractivity contribution in [2.45, 2.75) is 12.5 Å². The van der Waals surface area contributed by atoms with E-state index >= 15 is 0 Å². The normalized spacial score (nSPS) is 17.8. The van der Waals surface area contributed by atoms with E-state index in [1.165, 1.54) is 12.1 Å². The molecule has 2 aromatic carbocycles. The van der Waals surface area contributed by atoms with Crippen LogP contribution in [-0.4, -0.2) is 30.5 Å². The lowest BCUT2D eigenvalue weighted by atomic mass is 10.1. The van der Waals surface area contributed by atoms with E-state index in [1.54, 1.807) is 35.2 Å². The number of benzene rings is 2. The second-order valence-electron chi connectivity index (χ2n) is 5.71. The van der Waals surface area contributed by atoms with E-state index in [0.717, 1.165) is 11.1 Å². The SMILES string of the molecule is O=C(Cc1ccc(F)cc1)N1CCOC(c2cc(Cl)cc(Cl)c2)C1. The van der Waals surface area contributed by atoms with Crippen molar-refractivity contribution in [3.8, 4) is 0 Å². The highest BCUT2D eigenvalue weighted by atomic mass is 35.5. The fourth-order valence-corrected chi connectivity index (χ4v) is 3.27. The van der Waals surface area contributed by atoms with E-state index < -0.39 is 0 Å². The van der Waals surface area contributed by atoms with Gasteiger partial charge in [0.05, 0.1) is 19.6 Å². The first kappa shape index (κ1) is 17.2. The Morgan fingerprint density at radius 3 is 2.50 bits per heavy atom. The molecule has 0 aromatic heterocycles. The Balaban J connectivity index is 1.68. The predicted molar refractivity (Wildman–Crippen MR) is 91.8 cm³/mol. The molecule has 1 unspecified atom stereocenters. The summed E-state index contributed by atoms with van der Waals surface area (Å²) in [6.45, 7) is 1.42. The zero-order valence-electron chi connectivity index (χ0n) is 12.8. The van der Waals surface area contributed by atoms with E-state index in [4.69, 9.17) is 27.9 Å². The van der Waals surface area contributed by atoms with Crippen LogP contribution in [0.1, 0.15) is 17.2 Å². The Morgan fingerprint density at radius 2 is 1.83 bits per heavy atom. The summed E-state index contributed by atoms with van der Waals surface area (Å²) in [5.41, 5.74) is 1.64. The van der Waals surface area contributed by atoms with Crippen LogP contribution in [-0.2, 0) is 16.0 Å². The van der Waals surface area contributed by atoms with Crippen molar-refractivity contribution < 1.29 is 13.9 Å². The summed E-state index contributed by atoms with van der Waals surface area (Å²) in [5.74, 6) is -0.321. The quantitative estimate of drug-likeness (QED) is 0.810. The molecule has 0 radical (unpaired) electrons. The van der Waals surface area contributed by atoms with Crippen molar-refractivity contribution in [2.75, 3.05) is 19.7 Å². The lowest BCUT2D eigenvalue weighted by Gasteiger charge is -2.33. The van der Waals surface area contributed by atoms with Gasteiger partial charge in [0.1, 0.15) is 11.9 Å². The number of carbonyl (C=O) groups is 1. The minimum Gasteiger partial charge on any atom is -0.370 e. The number of morpholine rings is 1. The van der Waals surface area contributed by atoms with Crippen LogP contribution in [0.2, 0.25) is 10.0 Å². The Kier molecular flexibility index (Phi) is 5.39. The summed E-state index contributed by atoms with van der Waals surface area (Å²) in [6, 6.07) is 11.2. The number of carbonyl (C=O) groups excluding carboxylic acids is 1. The molecular weight excluding hydrogens is 352 g/mol. The fraction of sp³-hybridized carbons (Fsp3) is 0.278. The topological polar surface area (TPSA) is 29.5 Å². The standard InChI is InChI=1S/C18H16Cl2FNO2/c19-14-8-13(9-15(20)10-14)17-11-22(5-6-24-17)18(23)7-12-1-3-16(21)4-2-12/h1-4,8-10,17H,5-7,11H2. The lowest BCUT2D eigenvalue weighted by Crippen LogP contribution is -2.43. The van der Waals surface area contributed by atoms with Gasteiger partial charge in [0.15, 0.2) is 0 Å². The highest BCUT2D eigenvalue weighted by molar-refractivity contribution is 6.34. The molecular formula is C18H16Cl2FNO2. The zero-order valence-corrected chi connectivity index (χ0v) is 14.4. The van der Waals surface area contributed by atoms with Gasteiger partial charge in [0.25, 0.3) is 0 Å². The smallest absolute Gasteiger partial charge is 0.227 e. The molecule has 1 fully saturated rings. The summed E-state index contributed by atoms with van der Waals surface area (Å²) in [4.78, 5) is 14.2. The van der Waals surface area contributed by atoms with Gasteiger partial charge in [-0.1, -0.05) is 35.3 Å². The van der Waals surface area contributed by atoms with Crippen molar-refractivity contribution in [3.63, 3.8) is 0 Å². The molecule has 1 aliphatic rings. The van der Waals surface area contributed by atoms with Gasteiger partial charge in [-0.05, 0) is 41.5 Å². The molecule has 0 N–H and O–H groups in total. The van der Waals surface area contributed by atoms with Gasteiger partial charge in [0, 0.05) is 16.6 Å². The number of nitrogens with zero attached hydrogens (tertiary/aromatic N) is 1. The average Bonchev–Trinajstić information content (AvgIpc) is 2.56. The predicted octanol–water partition coefficient (Wildman–Crippen LogP) is 4.28. The molecule has 2 aromatic rings. The van der Waals surface area contributed by atoms with Gasteiger partial charge in [-0.15, -0.1) is 0 Å². The van der Waals surface area contributed by atoms with E-state index in [9.17, 15) is 9.18 Å². The minimum absolute atomic E-state index is 0.0111. The summed E-state index contributed by atoms with van der Waals surface area (Å²) < 4.78 is 18.7. The highest BCUT2D eigenvalue weighted by Crippen LogP contribution is 2.28. The number of ether oxygens (including phenoxy) is 1. The van der Waals surface area contributed by atoms with E-state index in [1.807, 2.05) is 0 Å². The molecule has 0 saturated carbocycles. The monoisotopic (exact) mass is 367 g/mol. The Bertz CT molecular complexity index is 716. The molecule has 126 valence electrons. The first-order valence-electron chi connectivity index (χ1n) is 7.61. The van der Waals surface area contributed by atoms with Crippen molar-refractivity contribution >= 4 is 29.1 Å². The number of amides is 1. The first-order chi connectivity index (χ1) is 11.5. The van der Waals surface area contributed by atoms with E-state index in [2.05, 4.69) is 0 Å². The molecule has 1 saturated heterocycles. The molecule has 0 spiro atoms. The largest absolute Gasteiger partial charge is 0.370 e. The Morgan fingerprint density at radius 1 is 1.17 bits per heavy atom. The average molecular weight is 368 g/mol. The van der Waals surface area contributed by atoms with Crippen molar-refractivity contribution in [2.24, 2.45) is 0 Å². The summed E-state index contributed by atoms with van der Waals surface area (Å²) in [5, 5.41) is 1.08. The highest BCUT2D eigenvalue weighted by Gasteiger charge is 2.25. The van der Waals surface area contributed by atoms with Gasteiger partial charge < -0.3 is 9.64 Å². The van der Waals surface area contributed by atoms with Crippen LogP contribution in [0, 0.1) is 5.82 Å². The molecule has 3 rings (SSSR count). The number of halogens is 3. The van der Waals surface area contributed by atoms with Crippen LogP contribution >= 0.6 is 23.2 Å². The molecule has 0 aliphatic carbocycles. The maximum atomic E-state index is 12.9. The molecule has 24 heavy (non-hydrogen) atoms. The third-order valence-electron chi connectivity index (χ3n) is 3.94. The molecule has 0 bridgehead atoms. The second kappa shape index (κ2) is 7.51. The van der Waals surface area contributed by atoms with Gasteiger partial charge >= 0.3 is 0 Å². The van der Waals surface area contributed by atoms with Crippen LogP contribution in [0.4, 0.5) is 4.39 Å². The maximum Gasteiger partial charge on any atom is 0.227 e. The van der Waals surface area contributed by atoms with Crippen LogP contribution in [0.5, 0.6) is 0 Å². The van der Waals surface area contributed by atoms with Gasteiger partial charge in [-0.2, -0.15) is 0 Å². The van der Waals surface area contributed by atoms with Crippen LogP contribution in [0.15, 0.2) is 42.5 Å². The van der Waals surface area contributed by atoms with E-state index in [-0.39, 0.29) is 24.2 Å². The van der Waals surface area contributed by atoms with Gasteiger partial charge in [-0.3, -0.25) is 4.79 Å². The molecule has 1 amide bonds. The summed E-state index contributed by atoms with van der Waals surface area (Å²) in [6.07, 6.45) is -0.0179.